The molecular formula is C19H25N3O2. The minimum absolute atomic E-state index is 0.0873. The lowest BCUT2D eigenvalue weighted by atomic mass is 10.1. The SMILES string of the molecule is CC.NC(=O)C1CCN(c2cccc(OCc3ccccc3)n2)C1. The van der Waals surface area contributed by atoms with E-state index in [0.29, 0.717) is 19.0 Å². The summed E-state index contributed by atoms with van der Waals surface area (Å²) >= 11 is 0. The van der Waals surface area contributed by atoms with Crippen LogP contribution in [-0.4, -0.2) is 24.0 Å². The van der Waals surface area contributed by atoms with Crippen LogP contribution in [0, 0.1) is 5.92 Å². The van der Waals surface area contributed by atoms with Gasteiger partial charge in [-0.2, -0.15) is 4.98 Å². The van der Waals surface area contributed by atoms with Gasteiger partial charge in [0.25, 0.3) is 0 Å². The van der Waals surface area contributed by atoms with Gasteiger partial charge in [-0.25, -0.2) is 0 Å². The summed E-state index contributed by atoms with van der Waals surface area (Å²) in [6.45, 7) is 5.91. The Morgan fingerprint density at radius 2 is 1.96 bits per heavy atom. The molecule has 0 saturated carbocycles. The highest BCUT2D eigenvalue weighted by Gasteiger charge is 2.27. The number of carbonyl (C=O) groups is 1. The monoisotopic (exact) mass is 327 g/mol. The maximum absolute atomic E-state index is 11.3. The van der Waals surface area contributed by atoms with Crippen LogP contribution in [0.1, 0.15) is 25.8 Å². The maximum atomic E-state index is 11.3. The van der Waals surface area contributed by atoms with Crippen LogP contribution in [0.25, 0.3) is 0 Å². The molecule has 1 amide bonds. The van der Waals surface area contributed by atoms with Gasteiger partial charge < -0.3 is 15.4 Å². The summed E-state index contributed by atoms with van der Waals surface area (Å²) in [5.74, 6) is 1.09. The van der Waals surface area contributed by atoms with Crippen molar-refractivity contribution in [3.05, 3.63) is 54.1 Å². The zero-order valence-electron chi connectivity index (χ0n) is 14.3. The van der Waals surface area contributed by atoms with Gasteiger partial charge in [-0.05, 0) is 18.1 Å². The Morgan fingerprint density at radius 1 is 1.21 bits per heavy atom. The molecule has 1 fully saturated rings. The smallest absolute Gasteiger partial charge is 0.222 e. The molecule has 1 aromatic carbocycles. The van der Waals surface area contributed by atoms with Crippen LogP contribution in [-0.2, 0) is 11.4 Å². The molecule has 1 aliphatic heterocycles. The lowest BCUT2D eigenvalue weighted by Crippen LogP contribution is -2.27. The molecule has 0 aliphatic carbocycles. The number of primary amides is 1. The van der Waals surface area contributed by atoms with Crippen LogP contribution in [0.15, 0.2) is 48.5 Å². The molecule has 128 valence electrons. The predicted octanol–water partition coefficient (Wildman–Crippen LogP) is 3.00. The van der Waals surface area contributed by atoms with E-state index < -0.39 is 0 Å². The average molecular weight is 327 g/mol. The second-order valence-corrected chi connectivity index (χ2v) is 5.44. The van der Waals surface area contributed by atoms with Gasteiger partial charge in [-0.3, -0.25) is 4.79 Å². The third-order valence-corrected chi connectivity index (χ3v) is 3.85. The molecule has 1 aromatic heterocycles. The Labute approximate surface area is 143 Å². The maximum Gasteiger partial charge on any atom is 0.222 e. The van der Waals surface area contributed by atoms with Crippen molar-refractivity contribution in [2.24, 2.45) is 11.7 Å². The number of aromatic nitrogens is 1. The molecular weight excluding hydrogens is 302 g/mol. The second kappa shape index (κ2) is 8.91. The van der Waals surface area contributed by atoms with Crippen molar-refractivity contribution < 1.29 is 9.53 Å². The number of carbonyl (C=O) groups excluding carboxylic acids is 1. The normalized spacial score (nSPS) is 16.2. The molecule has 1 atom stereocenters. The molecule has 24 heavy (non-hydrogen) atoms. The van der Waals surface area contributed by atoms with E-state index in [9.17, 15) is 4.79 Å². The average Bonchev–Trinajstić information content (AvgIpc) is 3.13. The van der Waals surface area contributed by atoms with Crippen molar-refractivity contribution in [3.8, 4) is 5.88 Å². The Hall–Kier alpha value is -2.56. The number of pyridine rings is 1. The zero-order valence-corrected chi connectivity index (χ0v) is 14.3. The summed E-state index contributed by atoms with van der Waals surface area (Å²) in [5, 5.41) is 0. The number of nitrogens with zero attached hydrogens (tertiary/aromatic N) is 2. The van der Waals surface area contributed by atoms with E-state index in [1.807, 2.05) is 62.4 Å². The van der Waals surface area contributed by atoms with Crippen molar-refractivity contribution in [3.63, 3.8) is 0 Å². The molecule has 1 unspecified atom stereocenters. The Balaban J connectivity index is 0.00000100. The van der Waals surface area contributed by atoms with Gasteiger partial charge in [0, 0.05) is 19.2 Å². The Morgan fingerprint density at radius 3 is 2.62 bits per heavy atom. The topological polar surface area (TPSA) is 68.5 Å². The summed E-state index contributed by atoms with van der Waals surface area (Å²) in [6.07, 6.45) is 0.784. The van der Waals surface area contributed by atoms with Crippen molar-refractivity contribution in [2.75, 3.05) is 18.0 Å². The molecule has 0 bridgehead atoms. The molecule has 3 rings (SSSR count). The standard InChI is InChI=1S/C17H19N3O2.C2H6/c18-17(21)14-9-10-20(11-14)15-7-4-8-16(19-15)22-12-13-5-2-1-3-6-13;1-2/h1-8,14H,9-12H2,(H2,18,21);1-2H3. The van der Waals surface area contributed by atoms with Crippen LogP contribution in [0.4, 0.5) is 5.82 Å². The first-order chi connectivity index (χ1) is 11.7. The molecule has 0 spiro atoms. The van der Waals surface area contributed by atoms with E-state index in [1.54, 1.807) is 0 Å². The van der Waals surface area contributed by atoms with Gasteiger partial charge in [-0.1, -0.05) is 50.2 Å². The Bertz CT molecular complexity index is 646. The van der Waals surface area contributed by atoms with Crippen LogP contribution in [0.2, 0.25) is 0 Å². The van der Waals surface area contributed by atoms with Crippen LogP contribution >= 0.6 is 0 Å². The quantitative estimate of drug-likeness (QED) is 0.916. The summed E-state index contributed by atoms with van der Waals surface area (Å²) in [6, 6.07) is 15.7. The summed E-state index contributed by atoms with van der Waals surface area (Å²) < 4.78 is 5.74. The number of amides is 1. The first-order valence-corrected chi connectivity index (χ1v) is 8.40. The van der Waals surface area contributed by atoms with E-state index in [0.717, 1.165) is 24.3 Å². The summed E-state index contributed by atoms with van der Waals surface area (Å²) in [5.41, 5.74) is 6.47. The first-order valence-electron chi connectivity index (χ1n) is 8.40. The zero-order chi connectivity index (χ0) is 17.4. The fourth-order valence-corrected chi connectivity index (χ4v) is 2.59. The van der Waals surface area contributed by atoms with Crippen molar-refractivity contribution in [1.82, 2.24) is 4.98 Å². The third-order valence-electron chi connectivity index (χ3n) is 3.85. The predicted molar refractivity (Wildman–Crippen MR) is 95.9 cm³/mol. The molecule has 1 aliphatic rings. The molecule has 2 aromatic rings. The lowest BCUT2D eigenvalue weighted by molar-refractivity contribution is -0.121. The van der Waals surface area contributed by atoms with Gasteiger partial charge >= 0.3 is 0 Å². The number of ether oxygens (including phenoxy) is 1. The van der Waals surface area contributed by atoms with Gasteiger partial charge in [-0.15, -0.1) is 0 Å². The minimum Gasteiger partial charge on any atom is -0.473 e. The molecule has 0 radical (unpaired) electrons. The first kappa shape index (κ1) is 17.8. The van der Waals surface area contributed by atoms with Crippen molar-refractivity contribution in [2.45, 2.75) is 26.9 Å². The Kier molecular flexibility index (Phi) is 6.61. The fraction of sp³-hybridized carbons (Fsp3) is 0.368. The van der Waals surface area contributed by atoms with E-state index in [-0.39, 0.29) is 11.8 Å². The number of rotatable bonds is 5. The summed E-state index contributed by atoms with van der Waals surface area (Å²) in [4.78, 5) is 17.8. The van der Waals surface area contributed by atoms with Crippen LogP contribution < -0.4 is 15.4 Å². The van der Waals surface area contributed by atoms with E-state index >= 15 is 0 Å². The summed E-state index contributed by atoms with van der Waals surface area (Å²) in [7, 11) is 0. The molecule has 1 saturated heterocycles. The van der Waals surface area contributed by atoms with Gasteiger partial charge in [0.05, 0.1) is 5.92 Å². The highest BCUT2D eigenvalue weighted by atomic mass is 16.5. The number of hydrogen-bond acceptors (Lipinski definition) is 4. The van der Waals surface area contributed by atoms with E-state index in [4.69, 9.17) is 10.5 Å². The van der Waals surface area contributed by atoms with E-state index in [1.165, 1.54) is 0 Å². The highest BCUT2D eigenvalue weighted by Crippen LogP contribution is 2.24. The largest absolute Gasteiger partial charge is 0.473 e. The number of hydrogen-bond donors (Lipinski definition) is 1. The highest BCUT2D eigenvalue weighted by molar-refractivity contribution is 5.78. The van der Waals surface area contributed by atoms with Crippen molar-refractivity contribution >= 4 is 11.7 Å². The van der Waals surface area contributed by atoms with Crippen molar-refractivity contribution in [1.29, 1.82) is 0 Å². The molecule has 5 nitrogen and oxygen atoms in total. The van der Waals surface area contributed by atoms with Gasteiger partial charge in [0.15, 0.2) is 0 Å². The lowest BCUT2D eigenvalue weighted by Gasteiger charge is -2.17. The molecule has 2 N–H and O–H groups in total. The third kappa shape index (κ3) is 4.72. The second-order valence-electron chi connectivity index (χ2n) is 5.44. The minimum atomic E-state index is -0.237. The molecule has 5 heteroatoms. The fourth-order valence-electron chi connectivity index (χ4n) is 2.59. The van der Waals surface area contributed by atoms with E-state index in [2.05, 4.69) is 9.88 Å². The number of anilines is 1. The number of benzene rings is 1. The van der Waals surface area contributed by atoms with Gasteiger partial charge in [0.1, 0.15) is 12.4 Å². The van der Waals surface area contributed by atoms with Gasteiger partial charge in [0.2, 0.25) is 11.8 Å². The van der Waals surface area contributed by atoms with Crippen LogP contribution in [0.5, 0.6) is 5.88 Å². The van der Waals surface area contributed by atoms with Crippen LogP contribution in [0.3, 0.4) is 0 Å². The molecule has 2 heterocycles. The number of nitrogens with two attached hydrogens (primary N) is 1.